The first-order valence-electron chi connectivity index (χ1n) is 5.69. The Morgan fingerprint density at radius 3 is 2.79 bits per heavy atom. The van der Waals surface area contributed by atoms with E-state index >= 15 is 0 Å². The van der Waals surface area contributed by atoms with Gasteiger partial charge in [-0.25, -0.2) is 4.79 Å². The molecule has 0 spiro atoms. The number of hydrogen-bond acceptors (Lipinski definition) is 4. The first kappa shape index (κ1) is 13.4. The summed E-state index contributed by atoms with van der Waals surface area (Å²) in [7, 11) is 1.60. The molecule has 0 radical (unpaired) electrons. The van der Waals surface area contributed by atoms with E-state index in [1.54, 1.807) is 18.6 Å². The van der Waals surface area contributed by atoms with Gasteiger partial charge in [0.1, 0.15) is 18.1 Å². The molecule has 1 aromatic heterocycles. The number of aromatic carboxylic acids is 1. The predicted octanol–water partition coefficient (Wildman–Crippen LogP) is 3.34. The molecule has 4 nitrogen and oxygen atoms in total. The maximum absolute atomic E-state index is 11.0. The molecule has 1 aromatic carbocycles. The lowest BCUT2D eigenvalue weighted by atomic mass is 10.1. The van der Waals surface area contributed by atoms with E-state index in [9.17, 15) is 4.79 Å². The molecule has 0 aliphatic rings. The number of carbonyl (C=O) groups is 1. The Balaban J connectivity index is 2.16. The van der Waals surface area contributed by atoms with Gasteiger partial charge in [0.05, 0.1) is 7.11 Å². The van der Waals surface area contributed by atoms with Crippen molar-refractivity contribution in [3.63, 3.8) is 0 Å². The molecule has 0 amide bonds. The molecule has 1 heterocycles. The van der Waals surface area contributed by atoms with Crippen LogP contribution in [0.1, 0.15) is 20.8 Å². The molecule has 1 N–H and O–H groups in total. The fourth-order valence-electron chi connectivity index (χ4n) is 1.74. The van der Waals surface area contributed by atoms with Gasteiger partial charge in [-0.15, -0.1) is 11.3 Å². The smallest absolute Gasteiger partial charge is 0.349 e. The number of methoxy groups -OCH3 is 1. The normalized spacial score (nSPS) is 10.2. The lowest BCUT2D eigenvalue weighted by Crippen LogP contribution is -2.02. The molecule has 2 rings (SSSR count). The standard InChI is InChI=1S/C14H14O4S/c1-9-3-4-11(17-2)10(7-9)8-18-12-5-6-19-13(12)14(15)16/h3-7H,8H2,1-2H3,(H,15,16). The van der Waals surface area contributed by atoms with Gasteiger partial charge in [0.15, 0.2) is 4.88 Å². The van der Waals surface area contributed by atoms with Crippen LogP contribution >= 0.6 is 11.3 Å². The first-order chi connectivity index (χ1) is 9.11. The van der Waals surface area contributed by atoms with E-state index < -0.39 is 5.97 Å². The summed E-state index contributed by atoms with van der Waals surface area (Å²) in [6.45, 7) is 2.26. The third-order valence-corrected chi connectivity index (χ3v) is 3.53. The molecule has 5 heteroatoms. The van der Waals surface area contributed by atoms with Crippen molar-refractivity contribution in [3.05, 3.63) is 45.6 Å². The summed E-state index contributed by atoms with van der Waals surface area (Å²) in [6.07, 6.45) is 0. The van der Waals surface area contributed by atoms with Crippen LogP contribution in [0.5, 0.6) is 11.5 Å². The highest BCUT2D eigenvalue weighted by molar-refractivity contribution is 7.12. The molecular formula is C14H14O4S. The number of ether oxygens (including phenoxy) is 2. The van der Waals surface area contributed by atoms with Crippen molar-refractivity contribution in [3.8, 4) is 11.5 Å². The van der Waals surface area contributed by atoms with Gasteiger partial charge in [-0.1, -0.05) is 11.6 Å². The molecule has 0 aliphatic heterocycles. The van der Waals surface area contributed by atoms with Gasteiger partial charge in [0.2, 0.25) is 0 Å². The van der Waals surface area contributed by atoms with E-state index in [1.807, 2.05) is 25.1 Å². The van der Waals surface area contributed by atoms with Gasteiger partial charge in [-0.2, -0.15) is 0 Å². The topological polar surface area (TPSA) is 55.8 Å². The summed E-state index contributed by atoms with van der Waals surface area (Å²) in [5, 5.41) is 10.7. The Bertz CT molecular complexity index is 589. The summed E-state index contributed by atoms with van der Waals surface area (Å²) < 4.78 is 10.8. The minimum absolute atomic E-state index is 0.214. The zero-order valence-electron chi connectivity index (χ0n) is 10.7. The van der Waals surface area contributed by atoms with Crippen molar-refractivity contribution in [2.45, 2.75) is 13.5 Å². The molecular weight excluding hydrogens is 264 g/mol. The van der Waals surface area contributed by atoms with E-state index in [2.05, 4.69) is 0 Å². The van der Waals surface area contributed by atoms with E-state index in [0.717, 1.165) is 28.2 Å². The van der Waals surface area contributed by atoms with Crippen LogP contribution in [0.3, 0.4) is 0 Å². The molecule has 0 fully saturated rings. The van der Waals surface area contributed by atoms with Crippen molar-refractivity contribution in [2.75, 3.05) is 7.11 Å². The fraction of sp³-hybridized carbons (Fsp3) is 0.214. The molecule has 2 aromatic rings. The van der Waals surface area contributed by atoms with Gasteiger partial charge in [0, 0.05) is 5.56 Å². The molecule has 0 saturated heterocycles. The number of carboxylic acid groups (broad SMARTS) is 1. The zero-order valence-corrected chi connectivity index (χ0v) is 11.5. The largest absolute Gasteiger partial charge is 0.496 e. The van der Waals surface area contributed by atoms with E-state index in [-0.39, 0.29) is 11.5 Å². The molecule has 0 atom stereocenters. The lowest BCUT2D eigenvalue weighted by Gasteiger charge is -2.10. The van der Waals surface area contributed by atoms with Crippen molar-refractivity contribution in [1.29, 1.82) is 0 Å². The van der Waals surface area contributed by atoms with Crippen molar-refractivity contribution >= 4 is 17.3 Å². The Hall–Kier alpha value is -2.01. The summed E-state index contributed by atoms with van der Waals surface area (Å²) in [6, 6.07) is 7.46. The second kappa shape index (κ2) is 5.75. The van der Waals surface area contributed by atoms with Gasteiger partial charge < -0.3 is 14.6 Å². The maximum atomic E-state index is 11.0. The zero-order chi connectivity index (χ0) is 13.8. The summed E-state index contributed by atoms with van der Waals surface area (Å²) in [5.41, 5.74) is 1.99. The van der Waals surface area contributed by atoms with Crippen molar-refractivity contribution < 1.29 is 19.4 Å². The molecule has 19 heavy (non-hydrogen) atoms. The number of benzene rings is 1. The van der Waals surface area contributed by atoms with E-state index in [4.69, 9.17) is 14.6 Å². The van der Waals surface area contributed by atoms with Crippen molar-refractivity contribution in [2.24, 2.45) is 0 Å². The van der Waals surface area contributed by atoms with Gasteiger partial charge in [0.25, 0.3) is 0 Å². The first-order valence-corrected chi connectivity index (χ1v) is 6.57. The van der Waals surface area contributed by atoms with Crippen LogP contribution < -0.4 is 9.47 Å². The van der Waals surface area contributed by atoms with Crippen LogP contribution in [0.15, 0.2) is 29.6 Å². The van der Waals surface area contributed by atoms with E-state index in [0.29, 0.717) is 5.75 Å². The molecule has 100 valence electrons. The number of hydrogen-bond donors (Lipinski definition) is 1. The number of aryl methyl sites for hydroxylation is 1. The van der Waals surface area contributed by atoms with Crippen LogP contribution in [0, 0.1) is 6.92 Å². The molecule has 0 bridgehead atoms. The molecule has 0 unspecified atom stereocenters. The minimum atomic E-state index is -0.971. The highest BCUT2D eigenvalue weighted by Gasteiger charge is 2.13. The maximum Gasteiger partial charge on any atom is 0.349 e. The minimum Gasteiger partial charge on any atom is -0.496 e. The Labute approximate surface area is 115 Å². The monoisotopic (exact) mass is 278 g/mol. The van der Waals surface area contributed by atoms with Crippen molar-refractivity contribution in [1.82, 2.24) is 0 Å². The van der Waals surface area contributed by atoms with Crippen LogP contribution in [-0.2, 0) is 6.61 Å². The molecule has 0 aliphatic carbocycles. The van der Waals surface area contributed by atoms with Crippen LogP contribution in [0.4, 0.5) is 0 Å². The quantitative estimate of drug-likeness (QED) is 0.911. The second-order valence-corrected chi connectivity index (χ2v) is 4.94. The average molecular weight is 278 g/mol. The summed E-state index contributed by atoms with van der Waals surface area (Å²) >= 11 is 1.15. The number of carboxylic acids is 1. The Morgan fingerprint density at radius 1 is 1.32 bits per heavy atom. The van der Waals surface area contributed by atoms with Crippen LogP contribution in [-0.4, -0.2) is 18.2 Å². The lowest BCUT2D eigenvalue weighted by molar-refractivity contribution is 0.0697. The third-order valence-electron chi connectivity index (χ3n) is 2.64. The number of thiophene rings is 1. The Morgan fingerprint density at radius 2 is 2.11 bits per heavy atom. The SMILES string of the molecule is COc1ccc(C)cc1COc1ccsc1C(=O)O. The van der Waals surface area contributed by atoms with Crippen LogP contribution in [0.25, 0.3) is 0 Å². The third kappa shape index (κ3) is 3.06. The van der Waals surface area contributed by atoms with Gasteiger partial charge in [-0.3, -0.25) is 0 Å². The second-order valence-electron chi connectivity index (χ2n) is 4.02. The summed E-state index contributed by atoms with van der Waals surface area (Å²) in [5.74, 6) is 0.153. The van der Waals surface area contributed by atoms with E-state index in [1.165, 1.54) is 0 Å². The number of rotatable bonds is 5. The van der Waals surface area contributed by atoms with Gasteiger partial charge in [-0.05, 0) is 30.5 Å². The van der Waals surface area contributed by atoms with Gasteiger partial charge >= 0.3 is 5.97 Å². The molecule has 0 saturated carbocycles. The average Bonchev–Trinajstić information content (AvgIpc) is 2.85. The highest BCUT2D eigenvalue weighted by atomic mass is 32.1. The van der Waals surface area contributed by atoms with Crippen LogP contribution in [0.2, 0.25) is 0 Å². The highest BCUT2D eigenvalue weighted by Crippen LogP contribution is 2.27. The summed E-state index contributed by atoms with van der Waals surface area (Å²) in [4.78, 5) is 11.2. The predicted molar refractivity (Wildman–Crippen MR) is 73.3 cm³/mol. The fourth-order valence-corrected chi connectivity index (χ4v) is 2.41. The Kier molecular flexibility index (Phi) is 4.06.